The van der Waals surface area contributed by atoms with E-state index in [1.807, 2.05) is 11.2 Å². The van der Waals surface area contributed by atoms with Crippen LogP contribution < -0.4 is 0 Å². The fourth-order valence-corrected chi connectivity index (χ4v) is 5.78. The lowest BCUT2D eigenvalue weighted by Gasteiger charge is -2.39. The van der Waals surface area contributed by atoms with Crippen LogP contribution in [0.4, 0.5) is 0 Å². The normalized spacial score (nSPS) is 14.9. The van der Waals surface area contributed by atoms with Crippen LogP contribution in [0, 0.1) is 0 Å². The highest BCUT2D eigenvalue weighted by atomic mass is 32.2. The molecule has 0 unspecified atom stereocenters. The molecular weight excluding hydrogens is 432 g/mol. The number of amides is 1. The molecule has 8 heteroatoms. The van der Waals surface area contributed by atoms with Gasteiger partial charge in [-0.05, 0) is 28.9 Å². The number of nitrogens with zero attached hydrogens (tertiary/aromatic N) is 4. The van der Waals surface area contributed by atoms with Crippen molar-refractivity contribution in [1.82, 2.24) is 19.2 Å². The predicted octanol–water partition coefficient (Wildman–Crippen LogP) is 4.29. The Labute approximate surface area is 190 Å². The zero-order valence-corrected chi connectivity index (χ0v) is 19.3. The van der Waals surface area contributed by atoms with Gasteiger partial charge in [-0.2, -0.15) is 4.37 Å². The van der Waals surface area contributed by atoms with Crippen molar-refractivity contribution in [3.05, 3.63) is 71.8 Å². The van der Waals surface area contributed by atoms with E-state index in [0.717, 1.165) is 35.7 Å². The molecule has 30 heavy (non-hydrogen) atoms. The van der Waals surface area contributed by atoms with Gasteiger partial charge in [0.25, 0.3) is 0 Å². The molecule has 1 amide bonds. The van der Waals surface area contributed by atoms with E-state index in [-0.39, 0.29) is 11.9 Å². The maximum atomic E-state index is 12.7. The van der Waals surface area contributed by atoms with E-state index in [1.54, 1.807) is 0 Å². The van der Waals surface area contributed by atoms with Crippen LogP contribution in [0.5, 0.6) is 0 Å². The van der Waals surface area contributed by atoms with Crippen molar-refractivity contribution in [3.8, 4) is 0 Å². The minimum atomic E-state index is 0.177. The van der Waals surface area contributed by atoms with E-state index >= 15 is 0 Å². The van der Waals surface area contributed by atoms with Crippen molar-refractivity contribution < 1.29 is 4.79 Å². The van der Waals surface area contributed by atoms with Crippen LogP contribution in [0.15, 0.2) is 70.2 Å². The SMILES string of the molecule is CSc1nsc(SCC(=O)N2CCN(C(c3ccccc3)c3ccccc3)CC2)n1. The number of rotatable bonds is 7. The first-order chi connectivity index (χ1) is 14.7. The minimum Gasteiger partial charge on any atom is -0.339 e. The second-order valence-corrected chi connectivity index (χ2v) is 9.72. The standard InChI is InChI=1S/C22H24N4OS3/c1-28-21-23-22(30-24-21)29-16-19(27)25-12-14-26(15-13-25)20(17-8-4-2-5-9-17)18-10-6-3-7-11-18/h2-11,20H,12-16H2,1H3. The van der Waals surface area contributed by atoms with Gasteiger partial charge < -0.3 is 4.90 Å². The van der Waals surface area contributed by atoms with Gasteiger partial charge in [0.05, 0.1) is 11.8 Å². The number of carbonyl (C=O) groups excluding carboxylic acids is 1. The highest BCUT2D eigenvalue weighted by Gasteiger charge is 2.28. The molecule has 1 fully saturated rings. The molecule has 1 aliphatic rings. The molecule has 3 aromatic rings. The number of aromatic nitrogens is 2. The molecule has 5 nitrogen and oxygen atoms in total. The smallest absolute Gasteiger partial charge is 0.233 e. The molecule has 4 rings (SSSR count). The molecule has 0 aliphatic carbocycles. The lowest BCUT2D eigenvalue weighted by atomic mass is 9.96. The lowest BCUT2D eigenvalue weighted by Crippen LogP contribution is -2.50. The number of hydrogen-bond acceptors (Lipinski definition) is 7. The zero-order chi connectivity index (χ0) is 20.8. The van der Waals surface area contributed by atoms with Crippen molar-refractivity contribution >= 4 is 41.0 Å². The maximum absolute atomic E-state index is 12.7. The van der Waals surface area contributed by atoms with Crippen molar-refractivity contribution in [3.63, 3.8) is 0 Å². The van der Waals surface area contributed by atoms with E-state index in [4.69, 9.17) is 0 Å². The Morgan fingerprint density at radius 2 is 1.60 bits per heavy atom. The summed E-state index contributed by atoms with van der Waals surface area (Å²) in [5, 5.41) is 0.774. The maximum Gasteiger partial charge on any atom is 0.233 e. The highest BCUT2D eigenvalue weighted by Crippen LogP contribution is 2.30. The number of piperazine rings is 1. The quantitative estimate of drug-likeness (QED) is 0.495. The van der Waals surface area contributed by atoms with Crippen LogP contribution >= 0.6 is 35.1 Å². The summed E-state index contributed by atoms with van der Waals surface area (Å²) in [6.45, 7) is 3.23. The van der Waals surface area contributed by atoms with Crippen LogP contribution in [-0.4, -0.2) is 63.3 Å². The Kier molecular flexibility index (Phi) is 7.43. The van der Waals surface area contributed by atoms with Crippen LogP contribution in [0.3, 0.4) is 0 Å². The summed E-state index contributed by atoms with van der Waals surface area (Å²) in [4.78, 5) is 21.6. The number of benzene rings is 2. The topological polar surface area (TPSA) is 49.3 Å². The van der Waals surface area contributed by atoms with Gasteiger partial charge in [-0.25, -0.2) is 4.98 Å². The predicted molar refractivity (Wildman–Crippen MR) is 125 cm³/mol. The summed E-state index contributed by atoms with van der Waals surface area (Å²) in [6, 6.07) is 21.5. The van der Waals surface area contributed by atoms with Gasteiger partial charge in [-0.3, -0.25) is 9.69 Å². The van der Waals surface area contributed by atoms with E-state index in [0.29, 0.717) is 5.75 Å². The summed E-state index contributed by atoms with van der Waals surface area (Å²) in [5.74, 6) is 0.598. The summed E-state index contributed by atoms with van der Waals surface area (Å²) >= 11 is 4.38. The van der Waals surface area contributed by atoms with Gasteiger partial charge in [0.1, 0.15) is 0 Å². The fourth-order valence-electron chi connectivity index (χ4n) is 3.67. The van der Waals surface area contributed by atoms with E-state index in [9.17, 15) is 4.79 Å². The Balaban J connectivity index is 1.37. The van der Waals surface area contributed by atoms with Gasteiger partial charge in [-0.15, -0.1) is 0 Å². The number of thioether (sulfide) groups is 2. The third-order valence-electron chi connectivity index (χ3n) is 5.15. The number of carbonyl (C=O) groups is 1. The van der Waals surface area contributed by atoms with E-state index in [2.05, 4.69) is 74.9 Å². The Hall–Kier alpha value is -1.87. The van der Waals surface area contributed by atoms with Crippen molar-refractivity contribution in [2.24, 2.45) is 0 Å². The molecule has 0 spiro atoms. The molecule has 2 aromatic carbocycles. The van der Waals surface area contributed by atoms with E-state index < -0.39 is 0 Å². The monoisotopic (exact) mass is 456 g/mol. The second-order valence-electron chi connectivity index (χ2n) is 6.98. The number of hydrogen-bond donors (Lipinski definition) is 0. The molecule has 1 aliphatic heterocycles. The van der Waals surface area contributed by atoms with Crippen molar-refractivity contribution in [2.45, 2.75) is 15.5 Å². The molecule has 156 valence electrons. The summed E-state index contributed by atoms with van der Waals surface area (Å²) in [7, 11) is 0. The molecule has 0 N–H and O–H groups in total. The van der Waals surface area contributed by atoms with Gasteiger partial charge in [0, 0.05) is 26.2 Å². The molecule has 0 bridgehead atoms. The average molecular weight is 457 g/mol. The van der Waals surface area contributed by atoms with Gasteiger partial charge in [-0.1, -0.05) is 84.2 Å². The molecule has 2 heterocycles. The second kappa shape index (κ2) is 10.4. The molecule has 0 radical (unpaired) electrons. The average Bonchev–Trinajstić information content (AvgIpc) is 3.28. The highest BCUT2D eigenvalue weighted by molar-refractivity contribution is 8.01. The minimum absolute atomic E-state index is 0.177. The van der Waals surface area contributed by atoms with Gasteiger partial charge in [0.2, 0.25) is 11.1 Å². The van der Waals surface area contributed by atoms with Gasteiger partial charge in [0.15, 0.2) is 4.34 Å². The summed E-state index contributed by atoms with van der Waals surface area (Å²) in [5.41, 5.74) is 2.58. The Bertz CT molecular complexity index is 904. The fraction of sp³-hybridized carbons (Fsp3) is 0.318. The molecule has 1 saturated heterocycles. The van der Waals surface area contributed by atoms with Gasteiger partial charge >= 0.3 is 0 Å². The Morgan fingerprint density at radius 1 is 1.00 bits per heavy atom. The molecule has 0 atom stereocenters. The molecule has 0 saturated carbocycles. The Morgan fingerprint density at radius 3 is 2.13 bits per heavy atom. The molecule has 1 aromatic heterocycles. The van der Waals surface area contributed by atoms with E-state index in [1.165, 1.54) is 46.2 Å². The summed E-state index contributed by atoms with van der Waals surface area (Å²) in [6.07, 6.45) is 1.96. The first kappa shape index (κ1) is 21.4. The van der Waals surface area contributed by atoms with Crippen LogP contribution in [0.1, 0.15) is 17.2 Å². The first-order valence-electron chi connectivity index (χ1n) is 9.87. The van der Waals surface area contributed by atoms with Crippen LogP contribution in [0.25, 0.3) is 0 Å². The third-order valence-corrected chi connectivity index (χ3v) is 7.63. The third kappa shape index (κ3) is 5.24. The van der Waals surface area contributed by atoms with Crippen LogP contribution in [-0.2, 0) is 4.79 Å². The molecular formula is C22H24N4OS3. The van der Waals surface area contributed by atoms with Crippen molar-refractivity contribution in [2.75, 3.05) is 38.2 Å². The van der Waals surface area contributed by atoms with Crippen LogP contribution in [0.2, 0.25) is 0 Å². The lowest BCUT2D eigenvalue weighted by molar-refractivity contribution is -0.130. The largest absolute Gasteiger partial charge is 0.339 e. The zero-order valence-electron chi connectivity index (χ0n) is 16.8. The van der Waals surface area contributed by atoms with Crippen molar-refractivity contribution in [1.29, 1.82) is 0 Å². The first-order valence-corrected chi connectivity index (χ1v) is 12.8. The summed E-state index contributed by atoms with van der Waals surface area (Å²) < 4.78 is 5.11.